The number of nitrogens with two attached hydrogens (primary N) is 2. The van der Waals surface area contributed by atoms with E-state index in [9.17, 15) is 56.5 Å². The topological polar surface area (TPSA) is 413 Å². The Morgan fingerprint density at radius 1 is 0.559 bits per heavy atom. The lowest BCUT2D eigenvalue weighted by molar-refractivity contribution is 0.0698. The van der Waals surface area contributed by atoms with E-state index in [-0.39, 0.29) is 16.3 Å². The summed E-state index contributed by atoms with van der Waals surface area (Å²) in [6, 6.07) is 13.5. The number of anilines is 2. The van der Waals surface area contributed by atoms with Crippen LogP contribution in [0.2, 0.25) is 0 Å². The smallest absolute Gasteiger partial charge is 0.397 e. The molecule has 0 aliphatic rings. The molecule has 0 fully saturated rings. The monoisotopic (exact) mass is 920 g/mol. The number of carboxylic acid groups (broad SMARTS) is 1. The lowest BCUT2D eigenvalue weighted by Crippen LogP contribution is -2.15. The van der Waals surface area contributed by atoms with Crippen molar-refractivity contribution >= 4 is 102 Å². The first-order valence-corrected chi connectivity index (χ1v) is 23.0. The molecule has 4 rings (SSSR count). The summed E-state index contributed by atoms with van der Waals surface area (Å²) >= 11 is 0. The molecule has 0 aliphatic heterocycles. The predicted molar refractivity (Wildman–Crippen MR) is 203 cm³/mol. The summed E-state index contributed by atoms with van der Waals surface area (Å²) in [5.41, 5.74) is 7.65. The Morgan fingerprint density at radius 2 is 1.05 bits per heavy atom. The van der Waals surface area contributed by atoms with Gasteiger partial charge in [0.1, 0.15) is 33.2 Å². The van der Waals surface area contributed by atoms with Gasteiger partial charge in [-0.05, 0) is 54.6 Å². The average molecular weight is 921 g/mol. The molecule has 0 saturated carbocycles. The second-order valence-electron chi connectivity index (χ2n) is 11.2. The van der Waals surface area contributed by atoms with Gasteiger partial charge in [0.15, 0.2) is 19.7 Å². The Morgan fingerprint density at radius 3 is 1.58 bits per heavy atom. The third-order valence-corrected chi connectivity index (χ3v) is 12.4. The van der Waals surface area contributed by atoms with E-state index in [1.54, 1.807) is 0 Å². The predicted octanol–water partition coefficient (Wildman–Crippen LogP) is 4.23. The molecule has 0 heterocycles. The number of hydrogen-bond donors (Lipinski definition) is 6. The van der Waals surface area contributed by atoms with Crippen LogP contribution in [0.3, 0.4) is 0 Å². The van der Waals surface area contributed by atoms with Gasteiger partial charge >= 0.3 is 26.8 Å². The minimum atomic E-state index is -4.94. The number of carbonyl (C=O) groups is 1. The molecule has 8 N–H and O–H groups in total. The van der Waals surface area contributed by atoms with Gasteiger partial charge in [-0.1, -0.05) is 18.2 Å². The third kappa shape index (κ3) is 12.6. The maximum Gasteiger partial charge on any atom is 0.397 e. The summed E-state index contributed by atoms with van der Waals surface area (Å²) in [6.45, 7) is -1.84. The molecule has 0 atom stereocenters. The van der Waals surface area contributed by atoms with Crippen LogP contribution in [0, 0.1) is 0 Å². The van der Waals surface area contributed by atoms with Gasteiger partial charge in [0.05, 0.1) is 57.3 Å². The summed E-state index contributed by atoms with van der Waals surface area (Å²) in [7, 11) is -23.1. The van der Waals surface area contributed by atoms with Crippen LogP contribution < -0.4 is 11.5 Å². The first kappa shape index (κ1) is 46.0. The number of nitrogens with zero attached hydrogens (tertiary/aromatic N) is 6. The van der Waals surface area contributed by atoms with Gasteiger partial charge in [-0.15, -0.1) is 20.5 Å². The maximum absolute atomic E-state index is 12.8. The number of aromatic carboxylic acids is 1. The zero-order chi connectivity index (χ0) is 44.0. The molecule has 25 nitrogen and oxygen atoms in total. The van der Waals surface area contributed by atoms with Crippen molar-refractivity contribution in [3.05, 3.63) is 78.4 Å². The van der Waals surface area contributed by atoms with E-state index in [1.807, 2.05) is 0 Å². The van der Waals surface area contributed by atoms with Crippen LogP contribution in [-0.4, -0.2) is 91.5 Å². The van der Waals surface area contributed by atoms with Crippen LogP contribution in [-0.2, 0) is 59.0 Å². The van der Waals surface area contributed by atoms with Gasteiger partial charge in [0, 0.05) is 0 Å². The standard InChI is InChI=1S/C29H28N8O17S5/c30-24-26(35-32-17-8-10-19(11-9-17)55(40,41)14-12-53-58(47,48)49)23(29(38)39)27(36-34-21-6-1-2-7-22(21)57(44,45)46)25(31)28(24)37-33-18-4-3-5-20(16-18)56(42,43)15-13-54-59(50,51)52/h1-11,16H,12-15,30-31H2,(H,38,39)(H,44,45,46)(H,47,48,49)(H,50,51,52). The highest BCUT2D eigenvalue weighted by atomic mass is 32.3. The van der Waals surface area contributed by atoms with Crippen molar-refractivity contribution < 1.29 is 74.0 Å². The Kier molecular flexibility index (Phi) is 14.1. The van der Waals surface area contributed by atoms with Gasteiger partial charge in [0.2, 0.25) is 0 Å². The van der Waals surface area contributed by atoms with E-state index >= 15 is 0 Å². The number of benzene rings is 4. The molecule has 59 heavy (non-hydrogen) atoms. The quantitative estimate of drug-likeness (QED) is 0.0462. The summed E-state index contributed by atoms with van der Waals surface area (Å²) in [4.78, 5) is 11.2. The summed E-state index contributed by atoms with van der Waals surface area (Å²) < 4.78 is 153. The Labute approximate surface area is 334 Å². The van der Waals surface area contributed by atoms with Gasteiger partial charge in [-0.2, -0.15) is 35.5 Å². The number of carboxylic acids is 1. The maximum atomic E-state index is 12.8. The zero-order valence-corrected chi connectivity index (χ0v) is 33.3. The highest BCUT2D eigenvalue weighted by molar-refractivity contribution is 7.91. The number of sulfone groups is 2. The van der Waals surface area contributed by atoms with Gasteiger partial charge in [-0.25, -0.2) is 30.0 Å². The van der Waals surface area contributed by atoms with Crippen LogP contribution in [0.4, 0.5) is 45.5 Å². The van der Waals surface area contributed by atoms with Crippen molar-refractivity contribution in [3.8, 4) is 0 Å². The van der Waals surface area contributed by atoms with E-state index in [2.05, 4.69) is 39.1 Å². The van der Waals surface area contributed by atoms with Crippen LogP contribution >= 0.6 is 0 Å². The zero-order valence-electron chi connectivity index (χ0n) is 29.2. The fourth-order valence-corrected chi connectivity index (χ4v) is 8.18. The molecule has 0 amide bonds. The average Bonchev–Trinajstić information content (AvgIpc) is 3.12. The second-order valence-corrected chi connectivity index (χ2v) is 19.0. The number of azo groups is 3. The SMILES string of the molecule is Nc1c(N=Nc2cccc(S(=O)(=O)CCOS(=O)(=O)O)c2)c(N)c(N=Nc2ccccc2S(=O)(=O)O)c(C(=O)O)c1N=Nc1ccc(S(=O)(=O)CCOS(=O)(=O)O)cc1. The van der Waals surface area contributed by atoms with Crippen molar-refractivity contribution in [2.75, 3.05) is 36.2 Å². The van der Waals surface area contributed by atoms with E-state index in [1.165, 1.54) is 24.3 Å². The minimum absolute atomic E-state index is 0.112. The van der Waals surface area contributed by atoms with Gasteiger partial charge in [0.25, 0.3) is 10.1 Å². The fourth-order valence-electron chi connectivity index (χ4n) is 4.54. The normalized spacial score (nSPS) is 13.1. The molecular formula is C29H28N8O17S5. The number of rotatable bonds is 18. The van der Waals surface area contributed by atoms with E-state index in [0.29, 0.717) is 0 Å². The van der Waals surface area contributed by atoms with Crippen molar-refractivity contribution in [3.63, 3.8) is 0 Å². The largest absolute Gasteiger partial charge is 0.478 e. The van der Waals surface area contributed by atoms with Crippen molar-refractivity contribution in [2.24, 2.45) is 30.7 Å². The van der Waals surface area contributed by atoms with E-state index in [4.69, 9.17) is 20.6 Å². The van der Waals surface area contributed by atoms with Crippen molar-refractivity contribution in [2.45, 2.75) is 14.7 Å². The molecule has 0 aliphatic carbocycles. The molecule has 4 aromatic carbocycles. The first-order chi connectivity index (χ1) is 27.3. The Balaban J connectivity index is 1.84. The number of hydrogen-bond acceptors (Lipinski definition) is 21. The van der Waals surface area contributed by atoms with Crippen molar-refractivity contribution in [1.82, 2.24) is 0 Å². The lowest BCUT2D eigenvalue weighted by atomic mass is 10.1. The fraction of sp³-hybridized carbons (Fsp3) is 0.138. The van der Waals surface area contributed by atoms with Gasteiger partial charge < -0.3 is 16.6 Å². The molecule has 0 spiro atoms. The molecule has 0 saturated heterocycles. The van der Waals surface area contributed by atoms with Crippen LogP contribution in [0.25, 0.3) is 0 Å². The summed E-state index contributed by atoms with van der Waals surface area (Å²) in [5.74, 6) is -3.53. The molecule has 0 unspecified atom stereocenters. The molecule has 0 aromatic heterocycles. The Hall–Kier alpha value is -5.70. The lowest BCUT2D eigenvalue weighted by Gasteiger charge is -2.13. The molecular weight excluding hydrogens is 893 g/mol. The molecule has 4 aromatic rings. The Bertz CT molecular complexity index is 2940. The van der Waals surface area contributed by atoms with E-state index < -0.39 is 131 Å². The van der Waals surface area contributed by atoms with Crippen LogP contribution in [0.5, 0.6) is 0 Å². The second kappa shape index (κ2) is 18.1. The van der Waals surface area contributed by atoms with Crippen LogP contribution in [0.15, 0.2) is 118 Å². The highest BCUT2D eigenvalue weighted by Crippen LogP contribution is 2.49. The van der Waals surface area contributed by atoms with Gasteiger partial charge in [-0.3, -0.25) is 13.7 Å². The molecule has 0 radical (unpaired) electrons. The number of nitrogen functional groups attached to an aromatic ring is 2. The van der Waals surface area contributed by atoms with Crippen LogP contribution in [0.1, 0.15) is 10.4 Å². The molecule has 316 valence electrons. The highest BCUT2D eigenvalue weighted by Gasteiger charge is 2.27. The minimum Gasteiger partial charge on any atom is -0.478 e. The summed E-state index contributed by atoms with van der Waals surface area (Å²) in [5, 5.41) is 33.5. The summed E-state index contributed by atoms with van der Waals surface area (Å²) in [6.07, 6.45) is 0. The molecule has 30 heteroatoms. The molecule has 0 bridgehead atoms. The van der Waals surface area contributed by atoms with Crippen molar-refractivity contribution in [1.29, 1.82) is 0 Å². The van der Waals surface area contributed by atoms with E-state index in [0.717, 1.165) is 48.5 Å². The first-order valence-electron chi connectivity index (χ1n) is 15.5. The third-order valence-electron chi connectivity index (χ3n) is 7.18.